The predicted molar refractivity (Wildman–Crippen MR) is 112 cm³/mol. The second-order valence-electron chi connectivity index (χ2n) is 7.43. The minimum atomic E-state index is -0.651. The molecule has 0 spiro atoms. The highest BCUT2D eigenvalue weighted by Gasteiger charge is 2.44. The molecule has 29 heavy (non-hydrogen) atoms. The number of amides is 1. The number of hydrogen-bond donors (Lipinski definition) is 1. The summed E-state index contributed by atoms with van der Waals surface area (Å²) in [6, 6.07) is 9.99. The van der Waals surface area contributed by atoms with Gasteiger partial charge < -0.3 is 19.3 Å². The van der Waals surface area contributed by atoms with Gasteiger partial charge in [0.05, 0.1) is 17.9 Å². The summed E-state index contributed by atoms with van der Waals surface area (Å²) < 4.78 is 6.09. The molecular weight excluding hydrogens is 436 g/mol. The lowest BCUT2D eigenvalue weighted by molar-refractivity contribution is -0.129. The van der Waals surface area contributed by atoms with Crippen LogP contribution in [0.4, 0.5) is 0 Å². The fourth-order valence-electron chi connectivity index (χ4n) is 4.11. The van der Waals surface area contributed by atoms with Crippen molar-refractivity contribution in [2.75, 3.05) is 26.2 Å². The van der Waals surface area contributed by atoms with Crippen molar-refractivity contribution < 1.29 is 19.1 Å². The molecule has 0 aliphatic carbocycles. The molecule has 1 aromatic heterocycles. The lowest BCUT2D eigenvalue weighted by Crippen LogP contribution is -2.40. The maximum absolute atomic E-state index is 13.1. The first-order chi connectivity index (χ1) is 14.1. The molecule has 7 heteroatoms. The van der Waals surface area contributed by atoms with E-state index in [1.165, 1.54) is 12.7 Å². The maximum Gasteiger partial charge on any atom is 0.290 e. The maximum atomic E-state index is 13.1. The molecule has 1 N–H and O–H groups in total. The van der Waals surface area contributed by atoms with E-state index in [1.54, 1.807) is 17.0 Å². The van der Waals surface area contributed by atoms with Gasteiger partial charge in [-0.25, -0.2) is 0 Å². The number of Topliss-reactive ketones (excluding diaryl/α,β-unsaturated/α-hetero) is 1. The molecule has 3 heterocycles. The summed E-state index contributed by atoms with van der Waals surface area (Å²) in [4.78, 5) is 29.9. The Morgan fingerprint density at radius 1 is 1.14 bits per heavy atom. The number of aliphatic hydroxyl groups is 1. The Kier molecular flexibility index (Phi) is 5.87. The first-order valence-electron chi connectivity index (χ1n) is 9.86. The monoisotopic (exact) mass is 458 g/mol. The summed E-state index contributed by atoms with van der Waals surface area (Å²) in [6.07, 6.45) is 4.97. The number of rotatable bonds is 6. The van der Waals surface area contributed by atoms with Crippen molar-refractivity contribution in [1.82, 2.24) is 9.80 Å². The zero-order chi connectivity index (χ0) is 20.4. The van der Waals surface area contributed by atoms with Crippen LogP contribution in [0.3, 0.4) is 0 Å². The number of ketones is 1. The molecule has 0 saturated carbocycles. The van der Waals surface area contributed by atoms with Crippen LogP contribution >= 0.6 is 15.9 Å². The second-order valence-corrected chi connectivity index (χ2v) is 8.34. The Bertz CT molecular complexity index is 932. The van der Waals surface area contributed by atoms with Crippen molar-refractivity contribution in [1.29, 1.82) is 0 Å². The molecule has 0 radical (unpaired) electrons. The quantitative estimate of drug-likeness (QED) is 0.659. The third kappa shape index (κ3) is 4.02. The van der Waals surface area contributed by atoms with E-state index < -0.39 is 23.5 Å². The van der Waals surface area contributed by atoms with Gasteiger partial charge in [0.2, 0.25) is 5.78 Å². The molecule has 2 aromatic rings. The van der Waals surface area contributed by atoms with Gasteiger partial charge in [0.25, 0.3) is 5.91 Å². The molecule has 1 aromatic carbocycles. The lowest BCUT2D eigenvalue weighted by atomic mass is 9.95. The van der Waals surface area contributed by atoms with Gasteiger partial charge in [-0.05, 0) is 55.8 Å². The van der Waals surface area contributed by atoms with Crippen molar-refractivity contribution in [2.45, 2.75) is 25.3 Å². The van der Waals surface area contributed by atoms with Gasteiger partial charge in [-0.15, -0.1) is 0 Å². The average Bonchev–Trinajstić information content (AvgIpc) is 3.35. The number of likely N-dealkylation sites (tertiary alicyclic amines) is 1. The number of aliphatic hydroxyl groups excluding tert-OH is 1. The molecule has 1 unspecified atom stereocenters. The molecular formula is C22H23BrN2O4. The molecule has 1 fully saturated rings. The van der Waals surface area contributed by atoms with Crippen LogP contribution in [0.2, 0.25) is 0 Å². The van der Waals surface area contributed by atoms with E-state index in [1.807, 2.05) is 24.3 Å². The SMILES string of the molecule is O=C(C1=C(O)C(=O)N(CCN2CCCCC2)C1c1cccc(Br)c1)c1ccco1. The van der Waals surface area contributed by atoms with E-state index in [0.29, 0.717) is 13.1 Å². The summed E-state index contributed by atoms with van der Waals surface area (Å²) in [6.45, 7) is 3.18. The molecule has 6 nitrogen and oxygen atoms in total. The summed E-state index contributed by atoms with van der Waals surface area (Å²) >= 11 is 3.46. The standard InChI is InChI=1S/C22H23BrN2O4/c23-16-7-4-6-15(14-16)19-18(20(26)17-8-5-13-29-17)21(27)22(28)25(19)12-11-24-9-2-1-3-10-24/h4-8,13-14,19,27H,1-3,9-12H2. The third-order valence-electron chi connectivity index (χ3n) is 5.56. The Labute approximate surface area is 177 Å². The number of carbonyl (C=O) groups is 2. The zero-order valence-electron chi connectivity index (χ0n) is 16.0. The van der Waals surface area contributed by atoms with Crippen LogP contribution in [0.1, 0.15) is 41.4 Å². The molecule has 2 aliphatic rings. The van der Waals surface area contributed by atoms with Crippen molar-refractivity contribution in [3.8, 4) is 0 Å². The minimum Gasteiger partial charge on any atom is -0.503 e. The molecule has 1 saturated heterocycles. The van der Waals surface area contributed by atoms with Crippen LogP contribution in [0.15, 0.2) is 62.9 Å². The molecule has 0 bridgehead atoms. The lowest BCUT2D eigenvalue weighted by Gasteiger charge is -2.31. The first-order valence-corrected chi connectivity index (χ1v) is 10.7. The average molecular weight is 459 g/mol. The van der Waals surface area contributed by atoms with Gasteiger partial charge in [-0.3, -0.25) is 9.59 Å². The Hall–Kier alpha value is -2.38. The van der Waals surface area contributed by atoms with Crippen LogP contribution in [0, 0.1) is 0 Å². The minimum absolute atomic E-state index is 0.0710. The summed E-state index contributed by atoms with van der Waals surface area (Å²) in [5.74, 6) is -1.36. The summed E-state index contributed by atoms with van der Waals surface area (Å²) in [7, 11) is 0. The van der Waals surface area contributed by atoms with E-state index in [9.17, 15) is 14.7 Å². The van der Waals surface area contributed by atoms with E-state index in [0.717, 1.165) is 36.0 Å². The van der Waals surface area contributed by atoms with Crippen LogP contribution in [-0.4, -0.2) is 52.8 Å². The van der Waals surface area contributed by atoms with Crippen molar-refractivity contribution in [3.05, 3.63) is 69.8 Å². The molecule has 4 rings (SSSR count). The van der Waals surface area contributed by atoms with Gasteiger partial charge in [0.1, 0.15) is 0 Å². The molecule has 2 aliphatic heterocycles. The van der Waals surface area contributed by atoms with Gasteiger partial charge in [0, 0.05) is 17.6 Å². The Morgan fingerprint density at radius 2 is 1.93 bits per heavy atom. The number of halogens is 1. The van der Waals surface area contributed by atoms with Crippen molar-refractivity contribution in [3.63, 3.8) is 0 Å². The highest BCUT2D eigenvalue weighted by Crippen LogP contribution is 2.39. The van der Waals surface area contributed by atoms with Crippen LogP contribution in [0.25, 0.3) is 0 Å². The number of hydrogen-bond acceptors (Lipinski definition) is 5. The number of nitrogens with zero attached hydrogens (tertiary/aromatic N) is 2. The second kappa shape index (κ2) is 8.55. The topological polar surface area (TPSA) is 74.0 Å². The molecule has 1 amide bonds. The third-order valence-corrected chi connectivity index (χ3v) is 6.06. The van der Waals surface area contributed by atoms with Crippen LogP contribution in [0.5, 0.6) is 0 Å². The highest BCUT2D eigenvalue weighted by molar-refractivity contribution is 9.10. The Balaban J connectivity index is 1.67. The van der Waals surface area contributed by atoms with Gasteiger partial charge in [-0.1, -0.05) is 34.5 Å². The van der Waals surface area contributed by atoms with Crippen molar-refractivity contribution in [2.24, 2.45) is 0 Å². The zero-order valence-corrected chi connectivity index (χ0v) is 17.6. The van der Waals surface area contributed by atoms with Gasteiger partial charge >= 0.3 is 0 Å². The normalized spacial score (nSPS) is 20.5. The van der Waals surface area contributed by atoms with Crippen molar-refractivity contribution >= 4 is 27.6 Å². The number of furan rings is 1. The number of piperidine rings is 1. The Morgan fingerprint density at radius 3 is 2.62 bits per heavy atom. The molecule has 1 atom stereocenters. The van der Waals surface area contributed by atoms with Crippen LogP contribution < -0.4 is 0 Å². The van der Waals surface area contributed by atoms with Gasteiger partial charge in [-0.2, -0.15) is 0 Å². The van der Waals surface area contributed by atoms with E-state index >= 15 is 0 Å². The van der Waals surface area contributed by atoms with Crippen LogP contribution in [-0.2, 0) is 4.79 Å². The van der Waals surface area contributed by atoms with E-state index in [4.69, 9.17) is 4.42 Å². The fourth-order valence-corrected chi connectivity index (χ4v) is 4.53. The first kappa shape index (κ1) is 19.9. The number of carbonyl (C=O) groups excluding carboxylic acids is 2. The largest absolute Gasteiger partial charge is 0.503 e. The number of benzene rings is 1. The van der Waals surface area contributed by atoms with E-state index in [-0.39, 0.29) is 11.3 Å². The fraction of sp³-hybridized carbons (Fsp3) is 0.364. The highest BCUT2D eigenvalue weighted by atomic mass is 79.9. The smallest absolute Gasteiger partial charge is 0.290 e. The van der Waals surface area contributed by atoms with Gasteiger partial charge in [0.15, 0.2) is 11.5 Å². The molecule has 152 valence electrons. The van der Waals surface area contributed by atoms with E-state index in [2.05, 4.69) is 20.8 Å². The summed E-state index contributed by atoms with van der Waals surface area (Å²) in [5.41, 5.74) is 0.840. The summed E-state index contributed by atoms with van der Waals surface area (Å²) in [5, 5.41) is 10.6. The predicted octanol–water partition coefficient (Wildman–Crippen LogP) is 4.11.